The van der Waals surface area contributed by atoms with Gasteiger partial charge in [0.25, 0.3) is 0 Å². The predicted molar refractivity (Wildman–Crippen MR) is 128 cm³/mol. The lowest BCUT2D eigenvalue weighted by Crippen LogP contribution is -2.23. The number of hydrogen-bond acceptors (Lipinski definition) is 5. The van der Waals surface area contributed by atoms with Gasteiger partial charge in [-0.15, -0.1) is 0 Å². The van der Waals surface area contributed by atoms with Gasteiger partial charge in [-0.1, -0.05) is 44.2 Å². The normalized spacial score (nSPS) is 15.5. The van der Waals surface area contributed by atoms with Gasteiger partial charge in [-0.25, -0.2) is 0 Å². The van der Waals surface area contributed by atoms with Crippen molar-refractivity contribution in [1.82, 2.24) is 5.32 Å². The number of methoxy groups -OCH3 is 1. The molecular weight excluding hydrogens is 418 g/mol. The van der Waals surface area contributed by atoms with E-state index in [1.807, 2.05) is 42.5 Å². The molecule has 1 amide bonds. The number of hydrogen-bond donors (Lipinski definition) is 1. The van der Waals surface area contributed by atoms with Crippen molar-refractivity contribution in [2.24, 2.45) is 5.92 Å². The van der Waals surface area contributed by atoms with Crippen LogP contribution in [0.5, 0.6) is 11.5 Å². The van der Waals surface area contributed by atoms with Gasteiger partial charge in [0.05, 0.1) is 13.2 Å². The Hall–Kier alpha value is -2.86. The fraction of sp³-hybridized carbons (Fsp3) is 0.481. The van der Waals surface area contributed by atoms with Crippen LogP contribution in [0.3, 0.4) is 0 Å². The highest BCUT2D eigenvalue weighted by Crippen LogP contribution is 2.29. The van der Waals surface area contributed by atoms with Crippen LogP contribution in [0.1, 0.15) is 61.0 Å². The third-order valence-electron chi connectivity index (χ3n) is 5.67. The standard InChI is InChI=1S/C27H35NO5/c1-19(2)15-20-6-9-22(10-7-20)24(29)11-13-27(30)28-17-21-8-12-25(26(16-21)31-3)33-18-23-5-4-14-32-23/h6-10,12,16,19,23H,4-5,11,13-15,17-18H2,1-3H3,(H,28,30). The van der Waals surface area contributed by atoms with E-state index >= 15 is 0 Å². The maximum atomic E-state index is 12.4. The first-order valence-corrected chi connectivity index (χ1v) is 11.7. The molecule has 1 N–H and O–H groups in total. The first-order chi connectivity index (χ1) is 15.9. The molecule has 0 radical (unpaired) electrons. The molecule has 0 aliphatic carbocycles. The van der Waals surface area contributed by atoms with Crippen molar-refractivity contribution < 1.29 is 23.8 Å². The van der Waals surface area contributed by atoms with Crippen LogP contribution in [0.25, 0.3) is 0 Å². The Labute approximate surface area is 196 Å². The number of nitrogens with one attached hydrogen (secondary N) is 1. The van der Waals surface area contributed by atoms with E-state index in [0.717, 1.165) is 31.4 Å². The van der Waals surface area contributed by atoms with Crippen molar-refractivity contribution in [1.29, 1.82) is 0 Å². The number of rotatable bonds is 12. The average molecular weight is 454 g/mol. The summed E-state index contributed by atoms with van der Waals surface area (Å²) < 4.78 is 16.9. The Bertz CT molecular complexity index is 917. The van der Waals surface area contributed by atoms with Gasteiger partial charge in [0.1, 0.15) is 6.61 Å². The van der Waals surface area contributed by atoms with Crippen LogP contribution in [-0.4, -0.2) is 38.1 Å². The lowest BCUT2D eigenvalue weighted by atomic mass is 9.99. The van der Waals surface area contributed by atoms with Gasteiger partial charge in [0.2, 0.25) is 5.91 Å². The lowest BCUT2D eigenvalue weighted by molar-refractivity contribution is -0.121. The zero-order valence-corrected chi connectivity index (χ0v) is 19.9. The summed E-state index contributed by atoms with van der Waals surface area (Å²) >= 11 is 0. The maximum absolute atomic E-state index is 12.4. The van der Waals surface area contributed by atoms with E-state index < -0.39 is 0 Å². The molecule has 178 valence electrons. The third kappa shape index (κ3) is 7.90. The van der Waals surface area contributed by atoms with Gasteiger partial charge in [-0.05, 0) is 48.4 Å². The molecule has 1 heterocycles. The molecule has 0 aromatic heterocycles. The second-order valence-electron chi connectivity index (χ2n) is 8.93. The minimum Gasteiger partial charge on any atom is -0.493 e. The number of amides is 1. The first kappa shape index (κ1) is 24.8. The van der Waals surface area contributed by atoms with Crippen molar-refractivity contribution in [2.45, 2.75) is 58.6 Å². The van der Waals surface area contributed by atoms with Crippen LogP contribution >= 0.6 is 0 Å². The summed E-state index contributed by atoms with van der Waals surface area (Å²) in [4.78, 5) is 24.7. The zero-order chi connectivity index (χ0) is 23.6. The van der Waals surface area contributed by atoms with Gasteiger partial charge in [0.15, 0.2) is 17.3 Å². The van der Waals surface area contributed by atoms with Crippen LogP contribution in [0.15, 0.2) is 42.5 Å². The van der Waals surface area contributed by atoms with E-state index in [1.165, 1.54) is 5.56 Å². The highest BCUT2D eigenvalue weighted by molar-refractivity contribution is 5.97. The van der Waals surface area contributed by atoms with Crippen LogP contribution in [0.2, 0.25) is 0 Å². The minimum absolute atomic E-state index is 0.0179. The SMILES string of the molecule is COc1cc(CNC(=O)CCC(=O)c2ccc(CC(C)C)cc2)ccc1OCC1CCCO1. The fourth-order valence-corrected chi connectivity index (χ4v) is 3.86. The monoisotopic (exact) mass is 453 g/mol. The summed E-state index contributed by atoms with van der Waals surface area (Å²) in [6, 6.07) is 13.3. The predicted octanol–water partition coefficient (Wildman–Crippen LogP) is 4.73. The highest BCUT2D eigenvalue weighted by Gasteiger charge is 2.17. The minimum atomic E-state index is -0.155. The molecule has 1 fully saturated rings. The fourth-order valence-electron chi connectivity index (χ4n) is 3.86. The summed E-state index contributed by atoms with van der Waals surface area (Å²) in [5.41, 5.74) is 2.77. The second-order valence-corrected chi connectivity index (χ2v) is 8.93. The number of Topliss-reactive ketones (excluding diaryl/α,β-unsaturated/α-hetero) is 1. The molecule has 1 aliphatic rings. The molecule has 6 heteroatoms. The Morgan fingerprint density at radius 3 is 2.48 bits per heavy atom. The van der Waals surface area contributed by atoms with Crippen LogP contribution in [0.4, 0.5) is 0 Å². The Kier molecular flexibility index (Phi) is 9.31. The molecule has 3 rings (SSSR count). The van der Waals surface area contributed by atoms with Gasteiger partial charge in [-0.2, -0.15) is 0 Å². The molecule has 0 spiro atoms. The van der Waals surface area contributed by atoms with Crippen molar-refractivity contribution >= 4 is 11.7 Å². The van der Waals surface area contributed by atoms with Crippen molar-refractivity contribution in [3.8, 4) is 11.5 Å². The summed E-state index contributed by atoms with van der Waals surface area (Å²) in [5.74, 6) is 1.68. The van der Waals surface area contributed by atoms with E-state index in [4.69, 9.17) is 14.2 Å². The molecule has 0 bridgehead atoms. The largest absolute Gasteiger partial charge is 0.493 e. The first-order valence-electron chi connectivity index (χ1n) is 11.7. The third-order valence-corrected chi connectivity index (χ3v) is 5.67. The van der Waals surface area contributed by atoms with Gasteiger partial charge in [-0.3, -0.25) is 9.59 Å². The van der Waals surface area contributed by atoms with E-state index in [2.05, 4.69) is 19.2 Å². The molecule has 2 aromatic rings. The smallest absolute Gasteiger partial charge is 0.220 e. The highest BCUT2D eigenvalue weighted by atomic mass is 16.5. The molecule has 0 saturated carbocycles. The second kappa shape index (κ2) is 12.4. The summed E-state index contributed by atoms with van der Waals surface area (Å²) in [6.07, 6.45) is 3.55. The summed E-state index contributed by atoms with van der Waals surface area (Å²) in [6.45, 7) is 5.99. The van der Waals surface area contributed by atoms with E-state index in [9.17, 15) is 9.59 Å². The van der Waals surface area contributed by atoms with E-state index in [-0.39, 0.29) is 30.6 Å². The number of ketones is 1. The Morgan fingerprint density at radius 2 is 1.82 bits per heavy atom. The van der Waals surface area contributed by atoms with Gasteiger partial charge < -0.3 is 19.5 Å². The molecule has 2 aromatic carbocycles. The average Bonchev–Trinajstić information content (AvgIpc) is 3.34. The van der Waals surface area contributed by atoms with Crippen LogP contribution in [-0.2, 0) is 22.5 Å². The number of carbonyl (C=O) groups excluding carboxylic acids is 2. The summed E-state index contributed by atoms with van der Waals surface area (Å²) in [5, 5.41) is 2.88. The van der Waals surface area contributed by atoms with Gasteiger partial charge in [0, 0.05) is 31.6 Å². The lowest BCUT2D eigenvalue weighted by Gasteiger charge is -2.15. The zero-order valence-electron chi connectivity index (χ0n) is 19.9. The molecule has 33 heavy (non-hydrogen) atoms. The van der Waals surface area contributed by atoms with Gasteiger partial charge >= 0.3 is 0 Å². The van der Waals surface area contributed by atoms with Crippen LogP contribution in [0, 0.1) is 5.92 Å². The van der Waals surface area contributed by atoms with E-state index in [0.29, 0.717) is 36.1 Å². The maximum Gasteiger partial charge on any atom is 0.220 e. The molecule has 1 atom stereocenters. The van der Waals surface area contributed by atoms with Crippen LogP contribution < -0.4 is 14.8 Å². The molecular formula is C27H35NO5. The van der Waals surface area contributed by atoms with E-state index in [1.54, 1.807) is 7.11 Å². The quantitative estimate of drug-likeness (QED) is 0.470. The number of carbonyl (C=O) groups is 2. The number of ether oxygens (including phenoxy) is 3. The Morgan fingerprint density at radius 1 is 1.06 bits per heavy atom. The van der Waals surface area contributed by atoms with Crippen molar-refractivity contribution in [2.75, 3.05) is 20.3 Å². The molecule has 1 saturated heterocycles. The number of benzene rings is 2. The van der Waals surface area contributed by atoms with Crippen molar-refractivity contribution in [3.63, 3.8) is 0 Å². The molecule has 1 aliphatic heterocycles. The van der Waals surface area contributed by atoms with Crippen molar-refractivity contribution in [3.05, 3.63) is 59.2 Å². The summed E-state index contributed by atoms with van der Waals surface area (Å²) in [7, 11) is 1.59. The molecule has 6 nitrogen and oxygen atoms in total. The topological polar surface area (TPSA) is 73.9 Å². The molecule has 1 unspecified atom stereocenters. The Balaban J connectivity index is 1.43.